The number of methoxy groups -OCH3 is 1. The summed E-state index contributed by atoms with van der Waals surface area (Å²) in [4.78, 5) is 26.5. The van der Waals surface area contributed by atoms with Crippen molar-refractivity contribution in [2.45, 2.75) is 39.0 Å². The van der Waals surface area contributed by atoms with Gasteiger partial charge in [0, 0.05) is 25.8 Å². The lowest BCUT2D eigenvalue weighted by Gasteiger charge is -2.02. The summed E-state index contributed by atoms with van der Waals surface area (Å²) in [6.45, 7) is 2.31. The Morgan fingerprint density at radius 2 is 2.11 bits per heavy atom. The first-order valence-electron chi connectivity index (χ1n) is 6.30. The van der Waals surface area contributed by atoms with E-state index in [9.17, 15) is 9.59 Å². The molecule has 0 aliphatic heterocycles. The highest BCUT2D eigenvalue weighted by molar-refractivity contribution is 5.77. The summed E-state index contributed by atoms with van der Waals surface area (Å²) in [6, 6.07) is 0. The average Bonchev–Trinajstić information content (AvgIpc) is 2.84. The van der Waals surface area contributed by atoms with E-state index in [1.165, 1.54) is 7.11 Å². The molecule has 7 nitrogen and oxygen atoms in total. The molecule has 0 fully saturated rings. The topological polar surface area (TPSA) is 94.3 Å². The summed E-state index contributed by atoms with van der Waals surface area (Å²) in [6.07, 6.45) is 2.56. The minimum Gasteiger partial charge on any atom is -0.469 e. The first-order valence-corrected chi connectivity index (χ1v) is 6.30. The highest BCUT2D eigenvalue weighted by atomic mass is 16.5. The van der Waals surface area contributed by atoms with Crippen LogP contribution < -0.4 is 5.32 Å². The van der Waals surface area contributed by atoms with E-state index in [0.29, 0.717) is 18.1 Å². The maximum absolute atomic E-state index is 11.5. The smallest absolute Gasteiger partial charge is 0.307 e. The van der Waals surface area contributed by atoms with Crippen LogP contribution in [0, 0.1) is 0 Å². The molecule has 0 saturated carbocycles. The molecule has 1 heterocycles. The first kappa shape index (κ1) is 15.1. The van der Waals surface area contributed by atoms with Crippen LogP contribution in [0.2, 0.25) is 0 Å². The van der Waals surface area contributed by atoms with Crippen LogP contribution in [0.3, 0.4) is 0 Å². The molecule has 1 rings (SSSR count). The fourth-order valence-electron chi connectivity index (χ4n) is 1.43. The van der Waals surface area contributed by atoms with Crippen molar-refractivity contribution in [2.75, 3.05) is 13.7 Å². The van der Waals surface area contributed by atoms with Gasteiger partial charge in [-0.15, -0.1) is 0 Å². The molecule has 0 aromatic carbocycles. The molecule has 19 heavy (non-hydrogen) atoms. The van der Waals surface area contributed by atoms with Gasteiger partial charge in [0.1, 0.15) is 0 Å². The summed E-state index contributed by atoms with van der Waals surface area (Å²) >= 11 is 0. The predicted molar refractivity (Wildman–Crippen MR) is 66.3 cm³/mol. The Bertz CT molecular complexity index is 417. The Labute approximate surface area is 111 Å². The fraction of sp³-hybridized carbons (Fsp3) is 0.667. The summed E-state index contributed by atoms with van der Waals surface area (Å²) in [5.41, 5.74) is 0. The molecule has 0 radical (unpaired) electrons. The number of carbonyl (C=O) groups is 2. The number of hydrogen-bond donors (Lipinski definition) is 1. The Hall–Kier alpha value is -1.92. The third-order valence-corrected chi connectivity index (χ3v) is 2.43. The second-order valence-electron chi connectivity index (χ2n) is 4.03. The Kier molecular flexibility index (Phi) is 6.56. The minimum atomic E-state index is -0.346. The van der Waals surface area contributed by atoms with E-state index in [1.807, 2.05) is 6.92 Å². The van der Waals surface area contributed by atoms with Crippen LogP contribution in [0.15, 0.2) is 4.52 Å². The van der Waals surface area contributed by atoms with Crippen LogP contribution in [0.4, 0.5) is 0 Å². The minimum absolute atomic E-state index is 0.154. The second-order valence-corrected chi connectivity index (χ2v) is 4.03. The van der Waals surface area contributed by atoms with Crippen molar-refractivity contribution in [1.29, 1.82) is 0 Å². The first-order chi connectivity index (χ1) is 9.15. The molecule has 106 valence electrons. The molecule has 1 amide bonds. The maximum Gasteiger partial charge on any atom is 0.307 e. The number of nitrogens with zero attached hydrogens (tertiary/aromatic N) is 2. The Morgan fingerprint density at radius 3 is 2.79 bits per heavy atom. The van der Waals surface area contributed by atoms with Crippen LogP contribution >= 0.6 is 0 Å². The number of amides is 1. The zero-order chi connectivity index (χ0) is 14.1. The SMILES string of the molecule is CCCc1noc(CCC(=O)NCCC(=O)OC)n1. The van der Waals surface area contributed by atoms with E-state index < -0.39 is 0 Å². The second kappa shape index (κ2) is 8.23. The number of nitrogens with one attached hydrogen (secondary N) is 1. The number of esters is 1. The van der Waals surface area contributed by atoms with Crippen molar-refractivity contribution in [1.82, 2.24) is 15.5 Å². The lowest BCUT2D eigenvalue weighted by Crippen LogP contribution is -2.26. The van der Waals surface area contributed by atoms with Gasteiger partial charge in [0.2, 0.25) is 11.8 Å². The lowest BCUT2D eigenvalue weighted by molar-refractivity contribution is -0.140. The van der Waals surface area contributed by atoms with E-state index in [4.69, 9.17) is 4.52 Å². The molecule has 0 bridgehead atoms. The Balaban J connectivity index is 2.20. The van der Waals surface area contributed by atoms with E-state index in [-0.39, 0.29) is 31.3 Å². The van der Waals surface area contributed by atoms with E-state index >= 15 is 0 Å². The molecule has 1 N–H and O–H groups in total. The predicted octanol–water partition coefficient (Wildman–Crippen LogP) is 0.634. The molecular formula is C12H19N3O4. The largest absolute Gasteiger partial charge is 0.469 e. The number of hydrogen-bond acceptors (Lipinski definition) is 6. The molecule has 0 aliphatic rings. The molecule has 0 unspecified atom stereocenters. The average molecular weight is 269 g/mol. The van der Waals surface area contributed by atoms with E-state index in [1.54, 1.807) is 0 Å². The van der Waals surface area contributed by atoms with Crippen LogP contribution in [-0.4, -0.2) is 35.7 Å². The number of carbonyl (C=O) groups excluding carboxylic acids is 2. The monoisotopic (exact) mass is 269 g/mol. The fourth-order valence-corrected chi connectivity index (χ4v) is 1.43. The van der Waals surface area contributed by atoms with Crippen molar-refractivity contribution in [3.63, 3.8) is 0 Å². The normalized spacial score (nSPS) is 10.2. The van der Waals surface area contributed by atoms with Crippen LogP contribution in [0.25, 0.3) is 0 Å². The van der Waals surface area contributed by atoms with Gasteiger partial charge in [-0.2, -0.15) is 4.98 Å². The molecule has 1 aromatic rings. The van der Waals surface area contributed by atoms with Gasteiger partial charge < -0.3 is 14.6 Å². The van der Waals surface area contributed by atoms with Crippen LogP contribution in [0.5, 0.6) is 0 Å². The van der Waals surface area contributed by atoms with Crippen molar-refractivity contribution < 1.29 is 18.8 Å². The third kappa shape index (κ3) is 5.98. The maximum atomic E-state index is 11.5. The lowest BCUT2D eigenvalue weighted by atomic mass is 10.3. The van der Waals surface area contributed by atoms with Gasteiger partial charge in [-0.1, -0.05) is 12.1 Å². The van der Waals surface area contributed by atoms with Gasteiger partial charge in [-0.25, -0.2) is 0 Å². The summed E-state index contributed by atoms with van der Waals surface area (Å²) in [5.74, 6) is 0.635. The quantitative estimate of drug-likeness (QED) is 0.696. The van der Waals surface area contributed by atoms with Gasteiger partial charge >= 0.3 is 5.97 Å². The summed E-state index contributed by atoms with van der Waals surface area (Å²) in [5, 5.41) is 6.42. The highest BCUT2D eigenvalue weighted by Gasteiger charge is 2.09. The number of rotatable bonds is 8. The van der Waals surface area contributed by atoms with Gasteiger partial charge in [-0.3, -0.25) is 9.59 Å². The van der Waals surface area contributed by atoms with Crippen molar-refractivity contribution in [3.8, 4) is 0 Å². The van der Waals surface area contributed by atoms with E-state index in [2.05, 4.69) is 20.2 Å². The zero-order valence-electron chi connectivity index (χ0n) is 11.3. The number of aryl methyl sites for hydroxylation is 2. The van der Waals surface area contributed by atoms with Gasteiger partial charge in [0.05, 0.1) is 13.5 Å². The number of ether oxygens (including phenoxy) is 1. The van der Waals surface area contributed by atoms with Gasteiger partial charge in [-0.05, 0) is 6.42 Å². The molecule has 0 saturated heterocycles. The molecular weight excluding hydrogens is 250 g/mol. The number of aromatic nitrogens is 2. The molecule has 0 aliphatic carbocycles. The zero-order valence-corrected chi connectivity index (χ0v) is 11.3. The molecule has 7 heteroatoms. The van der Waals surface area contributed by atoms with Crippen LogP contribution in [-0.2, 0) is 27.2 Å². The standard InChI is InChI=1S/C12H19N3O4/c1-3-4-9-14-11(19-15-9)6-5-10(16)13-8-7-12(17)18-2/h3-8H2,1-2H3,(H,13,16). The molecule has 0 spiro atoms. The van der Waals surface area contributed by atoms with Crippen molar-refractivity contribution >= 4 is 11.9 Å². The third-order valence-electron chi connectivity index (χ3n) is 2.43. The van der Waals surface area contributed by atoms with Crippen LogP contribution in [0.1, 0.15) is 37.9 Å². The van der Waals surface area contributed by atoms with Gasteiger partial charge in [0.15, 0.2) is 5.82 Å². The molecule has 0 atom stereocenters. The van der Waals surface area contributed by atoms with E-state index in [0.717, 1.165) is 12.8 Å². The Morgan fingerprint density at radius 1 is 1.32 bits per heavy atom. The summed E-state index contributed by atoms with van der Waals surface area (Å²) in [7, 11) is 1.31. The molecule has 1 aromatic heterocycles. The summed E-state index contributed by atoms with van der Waals surface area (Å²) < 4.78 is 9.48. The highest BCUT2D eigenvalue weighted by Crippen LogP contribution is 2.02. The van der Waals surface area contributed by atoms with Gasteiger partial charge in [0.25, 0.3) is 0 Å². The van der Waals surface area contributed by atoms with Crippen molar-refractivity contribution in [3.05, 3.63) is 11.7 Å². The van der Waals surface area contributed by atoms with Crippen molar-refractivity contribution in [2.24, 2.45) is 0 Å².